The average molecular weight is 421 g/mol. The zero-order valence-corrected chi connectivity index (χ0v) is 17.4. The summed E-state index contributed by atoms with van der Waals surface area (Å²) in [5.74, 6) is 0.388. The van der Waals surface area contributed by atoms with Gasteiger partial charge in [-0.05, 0) is 62.1 Å². The molecule has 2 atom stereocenters. The van der Waals surface area contributed by atoms with Crippen LogP contribution >= 0.6 is 0 Å². The van der Waals surface area contributed by atoms with E-state index in [0.29, 0.717) is 11.3 Å². The zero-order valence-electron chi connectivity index (χ0n) is 17.4. The standard InChI is InChI=1S/C24H27N3O4/c1-15-23(20-4-2-3-5-21(20)25-15)16-6-10-18(11-7-16)26-24(29)17-8-12-19(13-9-17)31-14-22(28)27-30/h2-6,8-9,12-13,18,22,25,27-28,30H,7,10-11,14H2,1H3,(H,26,29). The molecule has 7 nitrogen and oxygen atoms in total. The van der Waals surface area contributed by atoms with E-state index in [-0.39, 0.29) is 18.6 Å². The highest BCUT2D eigenvalue weighted by Crippen LogP contribution is 2.34. The molecule has 3 aromatic rings. The van der Waals surface area contributed by atoms with Crippen LogP contribution in [0.15, 0.2) is 54.6 Å². The number of para-hydroxylation sites is 1. The number of ether oxygens (including phenoxy) is 1. The Morgan fingerprint density at radius 3 is 2.71 bits per heavy atom. The molecule has 1 aliphatic rings. The maximum atomic E-state index is 12.6. The molecule has 7 heteroatoms. The van der Waals surface area contributed by atoms with Gasteiger partial charge in [0.25, 0.3) is 5.91 Å². The molecule has 1 aromatic heterocycles. The number of aliphatic hydroxyl groups excluding tert-OH is 1. The first-order valence-corrected chi connectivity index (χ1v) is 10.4. The highest BCUT2D eigenvalue weighted by atomic mass is 16.5. The number of carbonyl (C=O) groups is 1. The van der Waals surface area contributed by atoms with Crippen molar-refractivity contribution in [3.05, 3.63) is 71.4 Å². The van der Waals surface area contributed by atoms with E-state index in [1.807, 2.05) is 6.07 Å². The number of carbonyl (C=O) groups excluding carboxylic acids is 1. The fourth-order valence-electron chi connectivity index (χ4n) is 4.07. The lowest BCUT2D eigenvalue weighted by atomic mass is 9.89. The van der Waals surface area contributed by atoms with E-state index in [2.05, 4.69) is 41.5 Å². The number of H-pyrrole nitrogens is 1. The summed E-state index contributed by atoms with van der Waals surface area (Å²) in [6, 6.07) is 15.1. The van der Waals surface area contributed by atoms with Crippen LogP contribution in [0.5, 0.6) is 5.75 Å². The minimum atomic E-state index is -1.17. The molecule has 4 rings (SSSR count). The van der Waals surface area contributed by atoms with E-state index < -0.39 is 6.23 Å². The molecule has 0 aliphatic heterocycles. The van der Waals surface area contributed by atoms with Gasteiger partial charge in [0, 0.05) is 33.8 Å². The van der Waals surface area contributed by atoms with Crippen LogP contribution in [-0.2, 0) is 0 Å². The predicted molar refractivity (Wildman–Crippen MR) is 119 cm³/mol. The van der Waals surface area contributed by atoms with Crippen LogP contribution in [0.4, 0.5) is 0 Å². The number of aromatic amines is 1. The number of aryl methyl sites for hydroxylation is 1. The summed E-state index contributed by atoms with van der Waals surface area (Å²) in [7, 11) is 0. The van der Waals surface area contributed by atoms with Crippen LogP contribution in [0.1, 0.15) is 40.9 Å². The average Bonchev–Trinajstić information content (AvgIpc) is 3.14. The number of aliphatic hydroxyl groups is 1. The fourth-order valence-corrected chi connectivity index (χ4v) is 4.07. The molecule has 31 heavy (non-hydrogen) atoms. The molecule has 0 bridgehead atoms. The van der Waals surface area contributed by atoms with Gasteiger partial charge in [-0.15, -0.1) is 0 Å². The molecule has 162 valence electrons. The first kappa shape index (κ1) is 21.1. The van der Waals surface area contributed by atoms with Gasteiger partial charge in [-0.2, -0.15) is 5.48 Å². The molecule has 0 radical (unpaired) electrons. The van der Waals surface area contributed by atoms with Crippen LogP contribution in [0.3, 0.4) is 0 Å². The van der Waals surface area contributed by atoms with Crippen LogP contribution in [0.25, 0.3) is 16.5 Å². The predicted octanol–water partition coefficient (Wildman–Crippen LogP) is 3.52. The molecule has 0 spiro atoms. The van der Waals surface area contributed by atoms with Crippen LogP contribution in [0.2, 0.25) is 0 Å². The van der Waals surface area contributed by atoms with Crippen LogP contribution in [-0.4, -0.2) is 40.1 Å². The Morgan fingerprint density at radius 1 is 1.23 bits per heavy atom. The Kier molecular flexibility index (Phi) is 6.36. The summed E-state index contributed by atoms with van der Waals surface area (Å²) in [5.41, 5.74) is 7.20. The first-order valence-electron chi connectivity index (χ1n) is 10.4. The van der Waals surface area contributed by atoms with E-state index in [1.54, 1.807) is 29.7 Å². The van der Waals surface area contributed by atoms with Gasteiger partial charge >= 0.3 is 0 Å². The Morgan fingerprint density at radius 2 is 2.00 bits per heavy atom. The molecule has 0 saturated heterocycles. The number of fused-ring (bicyclic) bond motifs is 1. The second-order valence-electron chi connectivity index (χ2n) is 7.82. The van der Waals surface area contributed by atoms with E-state index in [4.69, 9.17) is 9.94 Å². The fraction of sp³-hybridized carbons (Fsp3) is 0.292. The second-order valence-corrected chi connectivity index (χ2v) is 7.82. The second kappa shape index (κ2) is 9.34. The topological polar surface area (TPSA) is 107 Å². The third-order valence-electron chi connectivity index (χ3n) is 5.63. The quantitative estimate of drug-likeness (QED) is 0.296. The Hall–Kier alpha value is -3.13. The number of rotatable bonds is 7. The minimum absolute atomic E-state index is 0.100. The Balaban J connectivity index is 1.36. The van der Waals surface area contributed by atoms with Crippen LogP contribution < -0.4 is 15.5 Å². The zero-order chi connectivity index (χ0) is 21.8. The third-order valence-corrected chi connectivity index (χ3v) is 5.63. The molecule has 2 aromatic carbocycles. The molecule has 2 unspecified atom stereocenters. The number of hydrogen-bond acceptors (Lipinski definition) is 5. The summed E-state index contributed by atoms with van der Waals surface area (Å²) in [4.78, 5) is 16.1. The molecular weight excluding hydrogens is 394 g/mol. The van der Waals surface area contributed by atoms with Gasteiger partial charge in [0.05, 0.1) is 0 Å². The highest BCUT2D eigenvalue weighted by Gasteiger charge is 2.21. The van der Waals surface area contributed by atoms with Crippen molar-refractivity contribution in [2.75, 3.05) is 6.61 Å². The molecule has 1 heterocycles. The Labute approximate surface area is 180 Å². The van der Waals surface area contributed by atoms with Crippen molar-refractivity contribution >= 4 is 22.4 Å². The number of nitrogens with one attached hydrogen (secondary N) is 3. The molecular formula is C24H27N3O4. The van der Waals surface area contributed by atoms with Crippen molar-refractivity contribution in [3.63, 3.8) is 0 Å². The lowest BCUT2D eigenvalue weighted by Crippen LogP contribution is -2.35. The maximum absolute atomic E-state index is 12.6. The summed E-state index contributed by atoms with van der Waals surface area (Å²) in [6.07, 6.45) is 3.69. The summed E-state index contributed by atoms with van der Waals surface area (Å²) < 4.78 is 5.32. The van der Waals surface area contributed by atoms with Crippen molar-refractivity contribution in [2.45, 2.75) is 38.5 Å². The molecule has 5 N–H and O–H groups in total. The Bertz CT molecular complexity index is 1090. The lowest BCUT2D eigenvalue weighted by molar-refractivity contribution is -0.0235. The van der Waals surface area contributed by atoms with E-state index in [1.165, 1.54) is 22.2 Å². The molecule has 0 saturated carbocycles. The minimum Gasteiger partial charge on any atom is -0.489 e. The van der Waals surface area contributed by atoms with Gasteiger partial charge in [-0.3, -0.25) is 4.79 Å². The van der Waals surface area contributed by atoms with Crippen molar-refractivity contribution in [1.29, 1.82) is 0 Å². The monoisotopic (exact) mass is 421 g/mol. The number of hydrogen-bond donors (Lipinski definition) is 5. The van der Waals surface area contributed by atoms with E-state index in [0.717, 1.165) is 24.8 Å². The molecule has 1 aliphatic carbocycles. The van der Waals surface area contributed by atoms with Crippen molar-refractivity contribution in [3.8, 4) is 5.75 Å². The number of allylic oxidation sites excluding steroid dienone is 1. The number of benzene rings is 2. The van der Waals surface area contributed by atoms with Gasteiger partial charge in [0.1, 0.15) is 12.4 Å². The first-order chi connectivity index (χ1) is 15.0. The van der Waals surface area contributed by atoms with Gasteiger partial charge < -0.3 is 25.4 Å². The van der Waals surface area contributed by atoms with E-state index >= 15 is 0 Å². The summed E-state index contributed by atoms with van der Waals surface area (Å²) >= 11 is 0. The summed E-state index contributed by atoms with van der Waals surface area (Å²) in [5, 5.41) is 22.2. The normalized spacial score (nSPS) is 17.3. The molecule has 1 amide bonds. The SMILES string of the molecule is Cc1[nH]c2ccccc2c1C1=CCC(NC(=O)c2ccc(OCC(O)NO)cc2)CC1. The van der Waals surface area contributed by atoms with Crippen LogP contribution in [0, 0.1) is 6.92 Å². The number of amides is 1. The largest absolute Gasteiger partial charge is 0.489 e. The highest BCUT2D eigenvalue weighted by molar-refractivity contribution is 5.95. The third kappa shape index (κ3) is 4.80. The number of aromatic nitrogens is 1. The van der Waals surface area contributed by atoms with Crippen molar-refractivity contribution < 1.29 is 19.8 Å². The molecule has 0 fully saturated rings. The van der Waals surface area contributed by atoms with Gasteiger partial charge in [0.15, 0.2) is 6.23 Å². The smallest absolute Gasteiger partial charge is 0.251 e. The van der Waals surface area contributed by atoms with E-state index in [9.17, 15) is 9.90 Å². The number of hydroxylamine groups is 1. The van der Waals surface area contributed by atoms with Crippen molar-refractivity contribution in [1.82, 2.24) is 15.8 Å². The lowest BCUT2D eigenvalue weighted by Gasteiger charge is -2.23. The van der Waals surface area contributed by atoms with Gasteiger partial charge in [-0.1, -0.05) is 24.3 Å². The maximum Gasteiger partial charge on any atom is 0.251 e. The van der Waals surface area contributed by atoms with Crippen molar-refractivity contribution in [2.24, 2.45) is 0 Å². The summed E-state index contributed by atoms with van der Waals surface area (Å²) in [6.45, 7) is 2.01. The van der Waals surface area contributed by atoms with Gasteiger partial charge in [-0.25, -0.2) is 0 Å². The van der Waals surface area contributed by atoms with Gasteiger partial charge in [0.2, 0.25) is 0 Å².